The van der Waals surface area contributed by atoms with Gasteiger partial charge in [-0.1, -0.05) is 35.9 Å². The summed E-state index contributed by atoms with van der Waals surface area (Å²) in [6.07, 6.45) is 2.76. The van der Waals surface area contributed by atoms with E-state index in [2.05, 4.69) is 31.2 Å². The lowest BCUT2D eigenvalue weighted by Gasteiger charge is -2.20. The average Bonchev–Trinajstić information content (AvgIpc) is 2.69. The van der Waals surface area contributed by atoms with Crippen molar-refractivity contribution in [2.24, 2.45) is 0 Å². The highest BCUT2D eigenvalue weighted by molar-refractivity contribution is 9.10. The second kappa shape index (κ2) is 8.54. The summed E-state index contributed by atoms with van der Waals surface area (Å²) in [6.45, 7) is -0.611. The number of pyridine rings is 2. The zero-order valence-electron chi connectivity index (χ0n) is 13.8. The van der Waals surface area contributed by atoms with E-state index >= 15 is 0 Å². The molecule has 0 radical (unpaired) electrons. The Morgan fingerprint density at radius 3 is 2.59 bits per heavy atom. The van der Waals surface area contributed by atoms with Crippen LogP contribution in [0.5, 0.6) is 0 Å². The van der Waals surface area contributed by atoms with E-state index in [1.165, 1.54) is 30.6 Å². The van der Waals surface area contributed by atoms with E-state index in [4.69, 9.17) is 11.6 Å². The molecule has 1 aromatic carbocycles. The van der Waals surface area contributed by atoms with Gasteiger partial charge in [-0.05, 0) is 45.3 Å². The molecular weight excluding hydrogens is 440 g/mol. The SMILES string of the molecule is O=C(N[C@@H](c1ccc(CF)cc1)c1ncccc1F)c1cnc(Cl)c(Br)c1. The molecule has 4 nitrogen and oxygen atoms in total. The quantitative estimate of drug-likeness (QED) is 0.553. The van der Waals surface area contributed by atoms with Crippen LogP contribution in [0.2, 0.25) is 5.15 Å². The highest BCUT2D eigenvalue weighted by Crippen LogP contribution is 2.25. The van der Waals surface area contributed by atoms with Gasteiger partial charge in [-0.2, -0.15) is 0 Å². The van der Waals surface area contributed by atoms with E-state index in [-0.39, 0.29) is 16.4 Å². The first-order valence-corrected chi connectivity index (χ1v) is 9.04. The summed E-state index contributed by atoms with van der Waals surface area (Å²) in [6, 6.07) is 9.80. The molecule has 0 unspecified atom stereocenters. The number of alkyl halides is 1. The van der Waals surface area contributed by atoms with Gasteiger partial charge < -0.3 is 5.32 Å². The minimum atomic E-state index is -0.859. The summed E-state index contributed by atoms with van der Waals surface area (Å²) >= 11 is 9.07. The zero-order valence-corrected chi connectivity index (χ0v) is 16.1. The van der Waals surface area contributed by atoms with Crippen molar-refractivity contribution in [2.75, 3.05) is 0 Å². The first kappa shape index (κ1) is 19.4. The van der Waals surface area contributed by atoms with Gasteiger partial charge in [0.2, 0.25) is 0 Å². The van der Waals surface area contributed by atoms with Crippen molar-refractivity contribution in [1.82, 2.24) is 15.3 Å². The number of benzene rings is 1. The number of amides is 1. The smallest absolute Gasteiger partial charge is 0.253 e. The Morgan fingerprint density at radius 1 is 1.22 bits per heavy atom. The number of hydrogen-bond acceptors (Lipinski definition) is 3. The summed E-state index contributed by atoms with van der Waals surface area (Å²) in [5.74, 6) is -1.04. The average molecular weight is 453 g/mol. The predicted octanol–water partition coefficient (Wildman–Crippen LogP) is 5.02. The Hall–Kier alpha value is -2.38. The molecule has 0 bridgehead atoms. The number of rotatable bonds is 5. The normalized spacial score (nSPS) is 11.9. The summed E-state index contributed by atoms with van der Waals surface area (Å²) in [5.41, 5.74) is 1.35. The summed E-state index contributed by atoms with van der Waals surface area (Å²) in [7, 11) is 0. The molecule has 3 rings (SSSR count). The largest absolute Gasteiger partial charge is 0.339 e. The Morgan fingerprint density at radius 2 is 1.96 bits per heavy atom. The molecule has 2 heterocycles. The van der Waals surface area contributed by atoms with Gasteiger partial charge in [0.15, 0.2) is 0 Å². The van der Waals surface area contributed by atoms with Crippen LogP contribution >= 0.6 is 27.5 Å². The molecule has 0 fully saturated rings. The highest BCUT2D eigenvalue weighted by atomic mass is 79.9. The fourth-order valence-electron chi connectivity index (χ4n) is 2.48. The van der Waals surface area contributed by atoms with Crippen molar-refractivity contribution in [1.29, 1.82) is 0 Å². The molecule has 1 amide bonds. The summed E-state index contributed by atoms with van der Waals surface area (Å²) in [4.78, 5) is 20.7. The molecule has 0 saturated heterocycles. The monoisotopic (exact) mass is 451 g/mol. The molecule has 27 heavy (non-hydrogen) atoms. The number of carbonyl (C=O) groups excluding carboxylic acids is 1. The molecule has 0 aliphatic carbocycles. The molecule has 0 aliphatic heterocycles. The van der Waals surface area contributed by atoms with Crippen molar-refractivity contribution in [3.8, 4) is 0 Å². The fourth-order valence-corrected chi connectivity index (χ4v) is 2.93. The van der Waals surface area contributed by atoms with Gasteiger partial charge in [0.1, 0.15) is 23.3 Å². The lowest BCUT2D eigenvalue weighted by atomic mass is 10.0. The van der Waals surface area contributed by atoms with Gasteiger partial charge in [0.25, 0.3) is 5.91 Å². The van der Waals surface area contributed by atoms with E-state index in [1.54, 1.807) is 24.3 Å². The first-order chi connectivity index (χ1) is 13.0. The Bertz CT molecular complexity index is 969. The van der Waals surface area contributed by atoms with Crippen LogP contribution in [-0.4, -0.2) is 15.9 Å². The van der Waals surface area contributed by atoms with Crippen LogP contribution in [0.1, 0.15) is 33.2 Å². The minimum absolute atomic E-state index is 0.0554. The summed E-state index contributed by atoms with van der Waals surface area (Å²) in [5, 5.41) is 2.97. The van der Waals surface area contributed by atoms with Gasteiger partial charge in [0, 0.05) is 12.4 Å². The lowest BCUT2D eigenvalue weighted by Crippen LogP contribution is -2.30. The third kappa shape index (κ3) is 4.48. The van der Waals surface area contributed by atoms with Crippen molar-refractivity contribution in [2.45, 2.75) is 12.7 Å². The van der Waals surface area contributed by atoms with Crippen LogP contribution in [0.4, 0.5) is 8.78 Å². The Labute approximate surface area is 167 Å². The zero-order chi connectivity index (χ0) is 19.4. The molecule has 1 N–H and O–H groups in total. The molecule has 0 saturated carbocycles. The predicted molar refractivity (Wildman–Crippen MR) is 102 cm³/mol. The van der Waals surface area contributed by atoms with Crippen LogP contribution in [-0.2, 0) is 6.67 Å². The van der Waals surface area contributed by atoms with Gasteiger partial charge >= 0.3 is 0 Å². The second-order valence-corrected chi connectivity index (χ2v) is 6.86. The van der Waals surface area contributed by atoms with E-state index in [1.807, 2.05) is 0 Å². The van der Waals surface area contributed by atoms with Gasteiger partial charge in [-0.15, -0.1) is 0 Å². The third-order valence-corrected chi connectivity index (χ3v) is 5.00. The highest BCUT2D eigenvalue weighted by Gasteiger charge is 2.22. The van der Waals surface area contributed by atoms with E-state index in [0.717, 1.165) is 0 Å². The van der Waals surface area contributed by atoms with Crippen LogP contribution in [0.15, 0.2) is 59.3 Å². The van der Waals surface area contributed by atoms with Crippen molar-refractivity contribution < 1.29 is 13.6 Å². The van der Waals surface area contributed by atoms with Gasteiger partial charge in [-0.25, -0.2) is 13.8 Å². The number of carbonyl (C=O) groups is 1. The molecule has 8 heteroatoms. The number of nitrogens with one attached hydrogen (secondary N) is 1. The van der Waals surface area contributed by atoms with Crippen molar-refractivity contribution >= 4 is 33.4 Å². The maximum atomic E-state index is 14.3. The van der Waals surface area contributed by atoms with Crippen LogP contribution in [0, 0.1) is 5.82 Å². The maximum Gasteiger partial charge on any atom is 0.253 e. The van der Waals surface area contributed by atoms with Crippen LogP contribution in [0.3, 0.4) is 0 Å². The minimum Gasteiger partial charge on any atom is -0.339 e. The number of nitrogens with zero attached hydrogens (tertiary/aromatic N) is 2. The van der Waals surface area contributed by atoms with Crippen LogP contribution in [0.25, 0.3) is 0 Å². The van der Waals surface area contributed by atoms with E-state index in [0.29, 0.717) is 15.6 Å². The molecule has 3 aromatic rings. The molecule has 138 valence electrons. The van der Waals surface area contributed by atoms with Crippen molar-refractivity contribution in [3.05, 3.63) is 92.7 Å². The Balaban J connectivity index is 1.97. The van der Waals surface area contributed by atoms with E-state index in [9.17, 15) is 13.6 Å². The van der Waals surface area contributed by atoms with Crippen LogP contribution < -0.4 is 5.32 Å². The van der Waals surface area contributed by atoms with Crippen molar-refractivity contribution in [3.63, 3.8) is 0 Å². The fraction of sp³-hybridized carbons (Fsp3) is 0.105. The van der Waals surface area contributed by atoms with Gasteiger partial charge in [-0.3, -0.25) is 9.78 Å². The number of hydrogen-bond donors (Lipinski definition) is 1. The molecule has 0 spiro atoms. The number of aromatic nitrogens is 2. The standard InChI is InChI=1S/C19H13BrClF2N3O/c20-14-8-13(10-25-18(14)21)19(27)26-16(17-15(23)2-1-7-24-17)12-5-3-11(9-22)4-6-12/h1-8,10,16H,9H2,(H,26,27)/t16-/m0/s1. The molecular formula is C19H13BrClF2N3O. The topological polar surface area (TPSA) is 54.9 Å². The lowest BCUT2D eigenvalue weighted by molar-refractivity contribution is 0.0941. The Kier molecular flexibility index (Phi) is 6.13. The summed E-state index contributed by atoms with van der Waals surface area (Å²) < 4.78 is 27.6. The molecule has 2 aromatic heterocycles. The van der Waals surface area contributed by atoms with E-state index < -0.39 is 24.4 Å². The van der Waals surface area contributed by atoms with Gasteiger partial charge in [0.05, 0.1) is 16.1 Å². The third-order valence-electron chi connectivity index (χ3n) is 3.86. The molecule has 1 atom stereocenters. The first-order valence-electron chi connectivity index (χ1n) is 7.86. The number of halogens is 4. The maximum absolute atomic E-state index is 14.3. The molecule has 0 aliphatic rings. The second-order valence-electron chi connectivity index (χ2n) is 5.65.